The van der Waals surface area contributed by atoms with E-state index in [2.05, 4.69) is 31.0 Å². The molecule has 1 saturated heterocycles. The molecule has 1 rings (SSSR count). The van der Waals surface area contributed by atoms with Crippen LogP contribution in [0.4, 0.5) is 0 Å². The van der Waals surface area contributed by atoms with Crippen LogP contribution in [-0.4, -0.2) is 37.2 Å². The number of nitrogens with zero attached hydrogens (tertiary/aromatic N) is 2. The first-order valence-electron chi connectivity index (χ1n) is 3.12. The normalized spacial score (nSPS) is 27.4. The third-order valence-corrected chi connectivity index (χ3v) is 1.73. The minimum atomic E-state index is 0.852. The van der Waals surface area contributed by atoms with Crippen LogP contribution in [0.5, 0.6) is 0 Å². The van der Waals surface area contributed by atoms with Crippen LogP contribution in [0.1, 0.15) is 6.92 Å². The van der Waals surface area contributed by atoms with Crippen molar-refractivity contribution in [2.24, 2.45) is 5.92 Å². The van der Waals surface area contributed by atoms with Gasteiger partial charge in [0.15, 0.2) is 0 Å². The van der Waals surface area contributed by atoms with E-state index < -0.39 is 0 Å². The molecule has 0 radical (unpaired) electrons. The topological polar surface area (TPSA) is 6.48 Å². The van der Waals surface area contributed by atoms with E-state index in [1.54, 1.807) is 0 Å². The molecule has 0 aromatic carbocycles. The van der Waals surface area contributed by atoms with Gasteiger partial charge in [0.25, 0.3) is 0 Å². The summed E-state index contributed by atoms with van der Waals surface area (Å²) in [4.78, 5) is 0. The Kier molecular flexibility index (Phi) is 1.54. The molecule has 0 spiro atoms. The predicted molar refractivity (Wildman–Crippen MR) is 34.4 cm³/mol. The SMILES string of the molecule is CC1CN(C)N(C)C1. The third-order valence-electron chi connectivity index (χ3n) is 1.73. The highest BCUT2D eigenvalue weighted by atomic mass is 15.6. The Labute approximate surface area is 51.0 Å². The highest BCUT2D eigenvalue weighted by molar-refractivity contribution is 4.66. The van der Waals surface area contributed by atoms with Gasteiger partial charge in [-0.2, -0.15) is 0 Å². The van der Waals surface area contributed by atoms with Crippen LogP contribution >= 0.6 is 0 Å². The molecule has 0 saturated carbocycles. The molecule has 2 heteroatoms. The molecular formula is C6H14N2. The van der Waals surface area contributed by atoms with E-state index >= 15 is 0 Å². The fourth-order valence-electron chi connectivity index (χ4n) is 1.24. The lowest BCUT2D eigenvalue weighted by atomic mass is 10.2. The second kappa shape index (κ2) is 2.03. The average molecular weight is 114 g/mol. The number of hydrogen-bond acceptors (Lipinski definition) is 2. The molecule has 0 aromatic rings. The van der Waals surface area contributed by atoms with Crippen LogP contribution in [-0.2, 0) is 0 Å². The second-order valence-corrected chi connectivity index (χ2v) is 2.79. The summed E-state index contributed by atoms with van der Waals surface area (Å²) in [7, 11) is 4.26. The van der Waals surface area contributed by atoms with Gasteiger partial charge in [-0.25, -0.2) is 10.0 Å². The van der Waals surface area contributed by atoms with E-state index in [1.807, 2.05) is 0 Å². The minimum Gasteiger partial charge on any atom is -0.245 e. The first kappa shape index (κ1) is 6.05. The summed E-state index contributed by atoms with van der Waals surface area (Å²) < 4.78 is 0. The van der Waals surface area contributed by atoms with Gasteiger partial charge in [-0.05, 0) is 5.92 Å². The molecule has 8 heavy (non-hydrogen) atoms. The van der Waals surface area contributed by atoms with Gasteiger partial charge in [-0.15, -0.1) is 0 Å². The quantitative estimate of drug-likeness (QED) is 0.450. The van der Waals surface area contributed by atoms with Crippen molar-refractivity contribution in [2.45, 2.75) is 6.92 Å². The molecule has 0 bridgehead atoms. The fourth-order valence-corrected chi connectivity index (χ4v) is 1.24. The third kappa shape index (κ3) is 1.01. The maximum atomic E-state index is 2.28. The summed E-state index contributed by atoms with van der Waals surface area (Å²) in [6, 6.07) is 0. The number of hydrogen-bond donors (Lipinski definition) is 0. The summed E-state index contributed by atoms with van der Waals surface area (Å²) in [6.07, 6.45) is 0. The second-order valence-electron chi connectivity index (χ2n) is 2.79. The maximum Gasteiger partial charge on any atom is 0.0168 e. The van der Waals surface area contributed by atoms with E-state index in [4.69, 9.17) is 0 Å². The van der Waals surface area contributed by atoms with Gasteiger partial charge in [0, 0.05) is 27.2 Å². The van der Waals surface area contributed by atoms with Gasteiger partial charge in [0.2, 0.25) is 0 Å². The van der Waals surface area contributed by atoms with Crippen LogP contribution in [0.3, 0.4) is 0 Å². The largest absolute Gasteiger partial charge is 0.245 e. The molecule has 0 atom stereocenters. The van der Waals surface area contributed by atoms with Crippen molar-refractivity contribution in [3.63, 3.8) is 0 Å². The lowest BCUT2D eigenvalue weighted by Gasteiger charge is -2.16. The first-order valence-corrected chi connectivity index (χ1v) is 3.12. The average Bonchev–Trinajstić information content (AvgIpc) is 1.85. The van der Waals surface area contributed by atoms with Crippen molar-refractivity contribution in [1.29, 1.82) is 0 Å². The van der Waals surface area contributed by atoms with E-state index in [0.717, 1.165) is 5.92 Å². The molecule has 0 amide bonds. The van der Waals surface area contributed by atoms with Gasteiger partial charge < -0.3 is 0 Å². The Morgan fingerprint density at radius 1 is 1.12 bits per heavy atom. The van der Waals surface area contributed by atoms with Crippen LogP contribution in [0.2, 0.25) is 0 Å². The maximum absolute atomic E-state index is 2.28. The summed E-state index contributed by atoms with van der Waals surface area (Å²) in [5.41, 5.74) is 0. The van der Waals surface area contributed by atoms with Crippen LogP contribution in [0, 0.1) is 5.92 Å². The van der Waals surface area contributed by atoms with E-state index in [1.165, 1.54) is 13.1 Å². The molecule has 1 aliphatic heterocycles. The Hall–Kier alpha value is -0.0800. The van der Waals surface area contributed by atoms with Crippen LogP contribution in [0.25, 0.3) is 0 Å². The lowest BCUT2D eigenvalue weighted by Crippen LogP contribution is -2.28. The monoisotopic (exact) mass is 114 g/mol. The summed E-state index contributed by atoms with van der Waals surface area (Å²) >= 11 is 0. The van der Waals surface area contributed by atoms with Crippen molar-refractivity contribution in [2.75, 3.05) is 27.2 Å². The van der Waals surface area contributed by atoms with Crippen molar-refractivity contribution in [1.82, 2.24) is 10.0 Å². The van der Waals surface area contributed by atoms with Crippen LogP contribution < -0.4 is 0 Å². The zero-order chi connectivity index (χ0) is 6.15. The molecular weight excluding hydrogens is 100 g/mol. The van der Waals surface area contributed by atoms with Crippen molar-refractivity contribution in [3.05, 3.63) is 0 Å². The van der Waals surface area contributed by atoms with Crippen LogP contribution in [0.15, 0.2) is 0 Å². The summed E-state index contributed by atoms with van der Waals surface area (Å²) in [6.45, 7) is 4.72. The van der Waals surface area contributed by atoms with Gasteiger partial charge in [0.05, 0.1) is 0 Å². The van der Waals surface area contributed by atoms with E-state index in [-0.39, 0.29) is 0 Å². The number of hydrazine groups is 1. The molecule has 1 aliphatic rings. The van der Waals surface area contributed by atoms with Crippen molar-refractivity contribution < 1.29 is 0 Å². The lowest BCUT2D eigenvalue weighted by molar-refractivity contribution is 0.0894. The fraction of sp³-hybridized carbons (Fsp3) is 1.00. The number of rotatable bonds is 0. The van der Waals surface area contributed by atoms with Gasteiger partial charge in [-0.1, -0.05) is 6.92 Å². The zero-order valence-corrected chi connectivity index (χ0v) is 5.89. The van der Waals surface area contributed by atoms with Gasteiger partial charge in [-0.3, -0.25) is 0 Å². The van der Waals surface area contributed by atoms with Crippen molar-refractivity contribution >= 4 is 0 Å². The van der Waals surface area contributed by atoms with E-state index in [0.29, 0.717) is 0 Å². The van der Waals surface area contributed by atoms with Gasteiger partial charge >= 0.3 is 0 Å². The molecule has 1 fully saturated rings. The highest BCUT2D eigenvalue weighted by Gasteiger charge is 2.19. The Morgan fingerprint density at radius 3 is 1.62 bits per heavy atom. The standard InChI is InChI=1S/C6H14N2/c1-6-4-7(2)8(3)5-6/h6H,4-5H2,1-3H3. The molecule has 0 N–H and O–H groups in total. The Bertz CT molecular complexity index is 72.6. The predicted octanol–water partition coefficient (Wildman–Crippen LogP) is 0.415. The Morgan fingerprint density at radius 2 is 1.50 bits per heavy atom. The summed E-state index contributed by atoms with van der Waals surface area (Å²) in [5.74, 6) is 0.852. The highest BCUT2D eigenvalue weighted by Crippen LogP contribution is 2.10. The first-order chi connectivity index (χ1) is 3.70. The molecule has 0 unspecified atom stereocenters. The summed E-state index contributed by atoms with van der Waals surface area (Å²) in [5, 5.41) is 4.51. The smallest absolute Gasteiger partial charge is 0.0168 e. The zero-order valence-electron chi connectivity index (χ0n) is 5.89. The van der Waals surface area contributed by atoms with E-state index in [9.17, 15) is 0 Å². The molecule has 0 aliphatic carbocycles. The van der Waals surface area contributed by atoms with Crippen molar-refractivity contribution in [3.8, 4) is 0 Å². The molecule has 0 aromatic heterocycles. The molecule has 48 valence electrons. The minimum absolute atomic E-state index is 0.852. The molecule has 1 heterocycles. The Balaban J connectivity index is 2.39. The van der Waals surface area contributed by atoms with Gasteiger partial charge in [0.1, 0.15) is 0 Å². The molecule has 2 nitrogen and oxygen atoms in total.